The lowest BCUT2D eigenvalue weighted by molar-refractivity contribution is -0.140. The number of carbonyl (C=O) groups is 2. The van der Waals surface area contributed by atoms with Crippen LogP contribution in [-0.2, 0) is 26.2 Å². The SMILES string of the molecule is CC(C)CNC(=O)[C@@H](C)N(Cc1ccccc1F)C(=O)CCCN(c1ccc2c(c1)OCO2)S(C)(=O)=O. The van der Waals surface area contributed by atoms with E-state index in [4.69, 9.17) is 9.47 Å². The topological polar surface area (TPSA) is 105 Å². The van der Waals surface area contributed by atoms with Gasteiger partial charge in [0.2, 0.25) is 28.6 Å². The Balaban J connectivity index is 1.73. The normalized spacial score (nSPS) is 13.4. The molecule has 11 heteroatoms. The third kappa shape index (κ3) is 7.58. The number of nitrogens with zero attached hydrogens (tertiary/aromatic N) is 2. The van der Waals surface area contributed by atoms with E-state index in [1.807, 2.05) is 13.8 Å². The van der Waals surface area contributed by atoms with Crippen molar-refractivity contribution in [3.63, 3.8) is 0 Å². The first kappa shape index (κ1) is 28.2. The molecule has 1 heterocycles. The first-order valence-electron chi connectivity index (χ1n) is 12.1. The number of benzene rings is 2. The predicted octanol–water partition coefficient (Wildman–Crippen LogP) is 3.29. The van der Waals surface area contributed by atoms with Crippen LogP contribution < -0.4 is 19.1 Å². The van der Waals surface area contributed by atoms with Crippen molar-refractivity contribution in [2.45, 2.75) is 46.2 Å². The smallest absolute Gasteiger partial charge is 0.242 e. The van der Waals surface area contributed by atoms with Crippen LogP contribution in [0.2, 0.25) is 0 Å². The maximum atomic E-state index is 14.4. The van der Waals surface area contributed by atoms with Crippen molar-refractivity contribution in [1.82, 2.24) is 10.2 Å². The minimum atomic E-state index is -3.65. The molecular weight excluding hydrogens is 501 g/mol. The van der Waals surface area contributed by atoms with Gasteiger partial charge in [-0.1, -0.05) is 32.0 Å². The summed E-state index contributed by atoms with van der Waals surface area (Å²) in [5.74, 6) is 0.0118. The van der Waals surface area contributed by atoms with Crippen molar-refractivity contribution in [2.24, 2.45) is 5.92 Å². The lowest BCUT2D eigenvalue weighted by atomic mass is 10.1. The van der Waals surface area contributed by atoms with E-state index in [9.17, 15) is 22.4 Å². The van der Waals surface area contributed by atoms with Crippen LogP contribution >= 0.6 is 0 Å². The van der Waals surface area contributed by atoms with Crippen molar-refractivity contribution >= 4 is 27.5 Å². The highest BCUT2D eigenvalue weighted by molar-refractivity contribution is 7.92. The van der Waals surface area contributed by atoms with E-state index < -0.39 is 21.9 Å². The monoisotopic (exact) mass is 535 g/mol. The van der Waals surface area contributed by atoms with Gasteiger partial charge in [0.15, 0.2) is 11.5 Å². The van der Waals surface area contributed by atoms with E-state index in [0.717, 1.165) is 6.26 Å². The van der Waals surface area contributed by atoms with Crippen LogP contribution in [0.15, 0.2) is 42.5 Å². The van der Waals surface area contributed by atoms with Crippen LogP contribution in [0.5, 0.6) is 11.5 Å². The molecule has 1 atom stereocenters. The van der Waals surface area contributed by atoms with Gasteiger partial charge < -0.3 is 19.7 Å². The van der Waals surface area contributed by atoms with Gasteiger partial charge in [0.25, 0.3) is 0 Å². The molecule has 1 aliphatic rings. The Labute approximate surface area is 217 Å². The molecule has 9 nitrogen and oxygen atoms in total. The molecule has 0 saturated heterocycles. The Bertz CT molecular complexity index is 1220. The zero-order valence-electron chi connectivity index (χ0n) is 21.6. The Morgan fingerprint density at radius 3 is 2.46 bits per heavy atom. The summed E-state index contributed by atoms with van der Waals surface area (Å²) in [4.78, 5) is 27.4. The van der Waals surface area contributed by atoms with Gasteiger partial charge in [-0.15, -0.1) is 0 Å². The van der Waals surface area contributed by atoms with Crippen LogP contribution in [0, 0.1) is 11.7 Å². The Kier molecular flexibility index (Phi) is 9.36. The van der Waals surface area contributed by atoms with Crippen molar-refractivity contribution in [1.29, 1.82) is 0 Å². The lowest BCUT2D eigenvalue weighted by Gasteiger charge is -2.29. The second kappa shape index (κ2) is 12.3. The summed E-state index contributed by atoms with van der Waals surface area (Å²) in [7, 11) is -3.65. The maximum absolute atomic E-state index is 14.4. The molecule has 0 saturated carbocycles. The average molecular weight is 536 g/mol. The summed E-state index contributed by atoms with van der Waals surface area (Å²) in [5, 5.41) is 2.82. The predicted molar refractivity (Wildman–Crippen MR) is 138 cm³/mol. The zero-order valence-corrected chi connectivity index (χ0v) is 22.4. The number of ether oxygens (including phenoxy) is 2. The number of hydrogen-bond donors (Lipinski definition) is 1. The van der Waals surface area contributed by atoms with E-state index in [1.54, 1.807) is 43.3 Å². The number of nitrogens with one attached hydrogen (secondary N) is 1. The van der Waals surface area contributed by atoms with Gasteiger partial charge in [0.1, 0.15) is 11.9 Å². The molecule has 2 aromatic rings. The summed E-state index contributed by atoms with van der Waals surface area (Å²) in [6, 6.07) is 10.1. The minimum Gasteiger partial charge on any atom is -0.454 e. The number of carbonyl (C=O) groups excluding carboxylic acids is 2. The van der Waals surface area contributed by atoms with Crippen molar-refractivity contribution in [3.8, 4) is 11.5 Å². The Hall–Kier alpha value is -3.34. The number of hydrogen-bond acceptors (Lipinski definition) is 6. The quantitative estimate of drug-likeness (QED) is 0.447. The molecule has 37 heavy (non-hydrogen) atoms. The minimum absolute atomic E-state index is 0.0334. The largest absolute Gasteiger partial charge is 0.454 e. The molecule has 1 aliphatic heterocycles. The van der Waals surface area contributed by atoms with E-state index in [-0.39, 0.29) is 56.0 Å². The first-order valence-corrected chi connectivity index (χ1v) is 14.0. The van der Waals surface area contributed by atoms with E-state index in [1.165, 1.54) is 15.3 Å². The summed E-state index contributed by atoms with van der Waals surface area (Å²) in [6.07, 6.45) is 1.24. The molecule has 0 radical (unpaired) electrons. The Morgan fingerprint density at radius 1 is 1.08 bits per heavy atom. The molecule has 0 aliphatic carbocycles. The van der Waals surface area contributed by atoms with E-state index in [2.05, 4.69) is 5.32 Å². The zero-order chi connectivity index (χ0) is 27.2. The summed E-state index contributed by atoms with van der Waals surface area (Å²) >= 11 is 0. The second-order valence-corrected chi connectivity index (χ2v) is 11.3. The molecule has 0 unspecified atom stereocenters. The van der Waals surface area contributed by atoms with Crippen molar-refractivity contribution in [3.05, 3.63) is 53.8 Å². The highest BCUT2D eigenvalue weighted by atomic mass is 32.2. The number of sulfonamides is 1. The fourth-order valence-electron chi connectivity index (χ4n) is 3.89. The van der Waals surface area contributed by atoms with E-state index in [0.29, 0.717) is 23.7 Å². The fourth-order valence-corrected chi connectivity index (χ4v) is 4.85. The molecule has 3 rings (SSSR count). The van der Waals surface area contributed by atoms with Gasteiger partial charge >= 0.3 is 0 Å². The van der Waals surface area contributed by atoms with E-state index >= 15 is 0 Å². The number of amides is 2. The number of halogens is 1. The van der Waals surface area contributed by atoms with Crippen LogP contribution in [-0.4, -0.2) is 57.3 Å². The van der Waals surface area contributed by atoms with Crippen LogP contribution in [0.4, 0.5) is 10.1 Å². The molecule has 1 N–H and O–H groups in total. The number of rotatable bonds is 12. The molecular formula is C26H34FN3O6S. The summed E-state index contributed by atoms with van der Waals surface area (Å²) in [6.45, 7) is 5.98. The fraction of sp³-hybridized carbons (Fsp3) is 0.462. The van der Waals surface area contributed by atoms with Gasteiger partial charge in [-0.2, -0.15) is 0 Å². The van der Waals surface area contributed by atoms with Crippen molar-refractivity contribution < 1.29 is 31.9 Å². The summed E-state index contributed by atoms with van der Waals surface area (Å²) < 4.78 is 51.2. The third-order valence-corrected chi connectivity index (χ3v) is 7.14. The van der Waals surface area contributed by atoms with Crippen LogP contribution in [0.1, 0.15) is 39.2 Å². The van der Waals surface area contributed by atoms with Gasteiger partial charge in [-0.3, -0.25) is 13.9 Å². The van der Waals surface area contributed by atoms with Gasteiger partial charge in [0, 0.05) is 37.7 Å². The molecule has 0 fully saturated rings. The van der Waals surface area contributed by atoms with Gasteiger partial charge in [0.05, 0.1) is 11.9 Å². The number of anilines is 1. The highest BCUT2D eigenvalue weighted by Crippen LogP contribution is 2.36. The molecule has 202 valence electrons. The number of fused-ring (bicyclic) bond motifs is 1. The lowest BCUT2D eigenvalue weighted by Crippen LogP contribution is -2.48. The third-order valence-electron chi connectivity index (χ3n) is 5.95. The standard InChI is InChI=1S/C26H34FN3O6S/c1-18(2)15-28-26(32)19(3)29(16-20-8-5-6-9-22(20)27)25(31)10-7-13-30(37(4,33)34)21-11-12-23-24(14-21)36-17-35-23/h5-6,8-9,11-12,14,18-19H,7,10,13,15-17H2,1-4H3,(H,28,32)/t19-/m1/s1. The van der Waals surface area contributed by atoms with Crippen LogP contribution in [0.25, 0.3) is 0 Å². The van der Waals surface area contributed by atoms with Gasteiger partial charge in [-0.25, -0.2) is 12.8 Å². The maximum Gasteiger partial charge on any atom is 0.242 e. The highest BCUT2D eigenvalue weighted by Gasteiger charge is 2.28. The second-order valence-electron chi connectivity index (χ2n) is 9.40. The molecule has 0 spiro atoms. The average Bonchev–Trinajstić information content (AvgIpc) is 3.31. The van der Waals surface area contributed by atoms with Crippen molar-refractivity contribution in [2.75, 3.05) is 30.4 Å². The van der Waals surface area contributed by atoms with Gasteiger partial charge in [-0.05, 0) is 37.5 Å². The Morgan fingerprint density at radius 2 is 1.78 bits per heavy atom. The first-order chi connectivity index (χ1) is 17.5. The molecule has 2 aromatic carbocycles. The van der Waals surface area contributed by atoms with Crippen LogP contribution in [0.3, 0.4) is 0 Å². The summed E-state index contributed by atoms with van der Waals surface area (Å²) in [5.41, 5.74) is 0.682. The molecule has 0 aromatic heterocycles. The molecule has 2 amide bonds. The molecule has 0 bridgehead atoms.